The van der Waals surface area contributed by atoms with Crippen LogP contribution in [0.1, 0.15) is 60.9 Å². The molecule has 13 heteroatoms. The van der Waals surface area contributed by atoms with Gasteiger partial charge in [-0.15, -0.1) is 0 Å². The topological polar surface area (TPSA) is 98.2 Å². The van der Waals surface area contributed by atoms with E-state index in [0.29, 0.717) is 58.0 Å². The second kappa shape index (κ2) is 13.6. The molecule has 0 atom stereocenters. The lowest BCUT2D eigenvalue weighted by Gasteiger charge is -2.14. The van der Waals surface area contributed by atoms with Gasteiger partial charge in [-0.3, -0.25) is 9.48 Å². The number of ether oxygens (including phenoxy) is 2. The van der Waals surface area contributed by atoms with E-state index in [-0.39, 0.29) is 11.4 Å². The van der Waals surface area contributed by atoms with Crippen molar-refractivity contribution in [1.29, 1.82) is 0 Å². The second-order valence-corrected chi connectivity index (χ2v) is 12.3. The Morgan fingerprint density at radius 3 is 2.29 bits per heavy atom. The summed E-state index contributed by atoms with van der Waals surface area (Å²) < 4.78 is 54.0. The van der Waals surface area contributed by atoms with Crippen molar-refractivity contribution in [1.82, 2.24) is 14.8 Å². The highest BCUT2D eigenvalue weighted by Crippen LogP contribution is 2.41. The Labute approximate surface area is 285 Å². The molecule has 0 aliphatic heterocycles. The zero-order valence-electron chi connectivity index (χ0n) is 27.1. The molecular weight excluding hydrogens is 668 g/mol. The number of fused-ring (bicyclic) bond motifs is 1. The number of carbonyl (C=O) groups is 2. The highest BCUT2D eigenvalue weighted by molar-refractivity contribution is 6.35. The predicted octanol–water partition coefficient (Wildman–Crippen LogP) is 9.18. The Kier molecular flexibility index (Phi) is 9.84. The average molecular weight is 702 g/mol. The number of anilines is 1. The molecule has 0 bridgehead atoms. The van der Waals surface area contributed by atoms with Gasteiger partial charge in [-0.2, -0.15) is 18.3 Å². The lowest BCUT2D eigenvalue weighted by atomic mass is 9.98. The molecule has 0 fully saturated rings. The lowest BCUT2D eigenvalue weighted by molar-refractivity contribution is -0.138. The molecule has 0 spiro atoms. The van der Waals surface area contributed by atoms with E-state index in [1.807, 2.05) is 52.9 Å². The maximum Gasteiger partial charge on any atom is 0.417 e. The molecule has 5 aromatic rings. The Bertz CT molecular complexity index is 2040. The molecule has 0 aliphatic carbocycles. The minimum atomic E-state index is -4.87. The third kappa shape index (κ3) is 6.75. The normalized spacial score (nSPS) is 11.6. The molecule has 1 amide bonds. The minimum Gasteiger partial charge on any atom is -0.494 e. The number of aryl methyl sites for hydroxylation is 5. The van der Waals surface area contributed by atoms with E-state index >= 15 is 0 Å². The predicted molar refractivity (Wildman–Crippen MR) is 180 cm³/mol. The van der Waals surface area contributed by atoms with E-state index in [4.69, 9.17) is 27.9 Å². The van der Waals surface area contributed by atoms with Gasteiger partial charge in [0.25, 0.3) is 5.91 Å². The maximum atomic E-state index is 13.9. The molecule has 0 saturated carbocycles. The van der Waals surface area contributed by atoms with Crippen LogP contribution in [-0.2, 0) is 24.4 Å². The van der Waals surface area contributed by atoms with E-state index < -0.39 is 29.2 Å². The minimum absolute atomic E-state index is 0.150. The standard InChI is InChI=1S/C35H33Cl2F3N4O4/c1-17-14-22(15-18(2)30(17)37)48-13-7-8-23-24-11-12-27(36)29(28-19(3)43-44(5)20(28)4)31(24)42-32(23)33(45)41-21-9-10-25(34(46)47-6)26(16-21)35(38,39)40/h9-12,14-16,42H,7-8,13H2,1-6H3,(H,41,45). The first kappa shape index (κ1) is 34.8. The van der Waals surface area contributed by atoms with Crippen molar-refractivity contribution in [3.8, 4) is 16.9 Å². The Morgan fingerprint density at radius 2 is 1.69 bits per heavy atom. The van der Waals surface area contributed by atoms with Crippen LogP contribution in [0.4, 0.5) is 18.9 Å². The summed E-state index contributed by atoms with van der Waals surface area (Å²) in [5.41, 5.74) is 4.15. The number of benzene rings is 3. The fourth-order valence-electron chi connectivity index (χ4n) is 5.89. The number of esters is 1. The summed E-state index contributed by atoms with van der Waals surface area (Å²) in [6, 6.07) is 10.2. The van der Waals surface area contributed by atoms with Crippen molar-refractivity contribution in [2.75, 3.05) is 19.0 Å². The molecule has 0 saturated heterocycles. The highest BCUT2D eigenvalue weighted by atomic mass is 35.5. The van der Waals surface area contributed by atoms with Gasteiger partial charge in [0, 0.05) is 40.0 Å². The van der Waals surface area contributed by atoms with Gasteiger partial charge in [-0.25, -0.2) is 4.79 Å². The van der Waals surface area contributed by atoms with Gasteiger partial charge < -0.3 is 19.8 Å². The molecular formula is C35H33Cl2F3N4O4. The Balaban J connectivity index is 1.55. The summed E-state index contributed by atoms with van der Waals surface area (Å²) >= 11 is 13.1. The number of nitrogens with one attached hydrogen (secondary N) is 2. The number of H-pyrrole nitrogens is 1. The van der Waals surface area contributed by atoms with Crippen molar-refractivity contribution >= 4 is 51.7 Å². The summed E-state index contributed by atoms with van der Waals surface area (Å²) in [4.78, 5) is 29.1. The van der Waals surface area contributed by atoms with Gasteiger partial charge in [0.15, 0.2) is 0 Å². The van der Waals surface area contributed by atoms with E-state index in [1.165, 1.54) is 6.07 Å². The summed E-state index contributed by atoms with van der Waals surface area (Å²) in [5.74, 6) is -1.15. The number of halogens is 5. The molecule has 0 aliphatic rings. The second-order valence-electron chi connectivity index (χ2n) is 11.5. The largest absolute Gasteiger partial charge is 0.494 e. The van der Waals surface area contributed by atoms with Crippen molar-refractivity contribution in [2.45, 2.75) is 46.7 Å². The van der Waals surface area contributed by atoms with Crippen molar-refractivity contribution in [2.24, 2.45) is 7.05 Å². The third-order valence-corrected chi connectivity index (χ3v) is 9.17. The Morgan fingerprint density at radius 1 is 1.00 bits per heavy atom. The van der Waals surface area contributed by atoms with Crippen LogP contribution in [0.2, 0.25) is 10.0 Å². The monoisotopic (exact) mass is 700 g/mol. The summed E-state index contributed by atoms with van der Waals surface area (Å²) in [5, 5.41) is 8.94. The molecule has 0 radical (unpaired) electrons. The number of hydrogen-bond donors (Lipinski definition) is 2. The quantitative estimate of drug-likeness (QED) is 0.118. The number of alkyl halides is 3. The van der Waals surface area contributed by atoms with Gasteiger partial charge in [0.1, 0.15) is 11.4 Å². The van der Waals surface area contributed by atoms with E-state index in [0.717, 1.165) is 46.6 Å². The van der Waals surface area contributed by atoms with E-state index in [9.17, 15) is 22.8 Å². The van der Waals surface area contributed by atoms with Gasteiger partial charge in [0.05, 0.1) is 41.1 Å². The molecule has 5 rings (SSSR count). The summed E-state index contributed by atoms with van der Waals surface area (Å²) in [7, 11) is 2.82. The smallest absolute Gasteiger partial charge is 0.417 e. The number of methoxy groups -OCH3 is 1. The molecule has 2 N–H and O–H groups in total. The number of aromatic amines is 1. The van der Waals surface area contributed by atoms with Crippen LogP contribution in [0.25, 0.3) is 22.0 Å². The first-order valence-corrected chi connectivity index (χ1v) is 15.7. The number of carbonyl (C=O) groups excluding carboxylic acids is 2. The number of rotatable bonds is 9. The van der Waals surface area contributed by atoms with Crippen LogP contribution in [-0.4, -0.2) is 40.4 Å². The van der Waals surface area contributed by atoms with Crippen molar-refractivity contribution in [3.63, 3.8) is 0 Å². The van der Waals surface area contributed by atoms with Crippen molar-refractivity contribution < 1.29 is 32.2 Å². The maximum absolute atomic E-state index is 13.9. The van der Waals surface area contributed by atoms with Crippen molar-refractivity contribution in [3.05, 3.63) is 97.4 Å². The fourth-order valence-corrected chi connectivity index (χ4v) is 6.25. The number of amides is 1. The number of hydrogen-bond acceptors (Lipinski definition) is 5. The molecule has 0 unspecified atom stereocenters. The van der Waals surface area contributed by atoms with Crippen LogP contribution in [0.5, 0.6) is 5.75 Å². The fraction of sp³-hybridized carbons (Fsp3) is 0.286. The van der Waals surface area contributed by atoms with Crippen LogP contribution in [0.3, 0.4) is 0 Å². The molecule has 8 nitrogen and oxygen atoms in total. The first-order valence-electron chi connectivity index (χ1n) is 15.0. The van der Waals surface area contributed by atoms with Crippen LogP contribution < -0.4 is 10.1 Å². The Hall–Kier alpha value is -4.48. The first-order chi connectivity index (χ1) is 22.6. The SMILES string of the molecule is COC(=O)c1ccc(NC(=O)c2[nH]c3c(-c4c(C)nn(C)c4C)c(Cl)ccc3c2CCCOc2cc(C)c(Cl)c(C)c2)cc1C(F)(F)F. The zero-order chi connectivity index (χ0) is 35.1. The van der Waals surface area contributed by atoms with Gasteiger partial charge in [-0.05, 0) is 93.6 Å². The molecule has 3 aromatic carbocycles. The highest BCUT2D eigenvalue weighted by Gasteiger charge is 2.36. The summed E-state index contributed by atoms with van der Waals surface area (Å²) in [6.45, 7) is 7.89. The van der Waals surface area contributed by atoms with E-state index in [1.54, 1.807) is 10.7 Å². The van der Waals surface area contributed by atoms with Gasteiger partial charge in [-0.1, -0.05) is 29.3 Å². The zero-order valence-corrected chi connectivity index (χ0v) is 28.6. The number of nitrogens with zero attached hydrogens (tertiary/aromatic N) is 2. The summed E-state index contributed by atoms with van der Waals surface area (Å²) in [6.07, 6.45) is -3.98. The number of aromatic nitrogens is 3. The van der Waals surface area contributed by atoms with Crippen LogP contribution in [0.15, 0.2) is 42.5 Å². The van der Waals surface area contributed by atoms with E-state index in [2.05, 4.69) is 20.1 Å². The third-order valence-electron chi connectivity index (χ3n) is 8.26. The average Bonchev–Trinajstić information content (AvgIpc) is 3.52. The van der Waals surface area contributed by atoms with Gasteiger partial charge >= 0.3 is 12.1 Å². The van der Waals surface area contributed by atoms with Crippen LogP contribution >= 0.6 is 23.2 Å². The molecule has 2 aromatic heterocycles. The lowest BCUT2D eigenvalue weighted by Crippen LogP contribution is -2.18. The molecule has 252 valence electrons. The van der Waals surface area contributed by atoms with Crippen LogP contribution in [0, 0.1) is 27.7 Å². The van der Waals surface area contributed by atoms with Gasteiger partial charge in [0.2, 0.25) is 0 Å². The molecule has 48 heavy (non-hydrogen) atoms. The molecule has 2 heterocycles.